The van der Waals surface area contributed by atoms with E-state index in [9.17, 15) is 19.7 Å². The van der Waals surface area contributed by atoms with Gasteiger partial charge in [0.2, 0.25) is 0 Å². The van der Waals surface area contributed by atoms with E-state index >= 15 is 0 Å². The van der Waals surface area contributed by atoms with Gasteiger partial charge in [0, 0.05) is 19.0 Å². The van der Waals surface area contributed by atoms with Crippen LogP contribution in [0.2, 0.25) is 0 Å². The first kappa shape index (κ1) is 20.0. The monoisotopic (exact) mass is 396 g/mol. The molecule has 0 bridgehead atoms. The highest BCUT2D eigenvalue weighted by Crippen LogP contribution is 2.23. The van der Waals surface area contributed by atoms with E-state index in [-0.39, 0.29) is 23.5 Å². The van der Waals surface area contributed by atoms with Crippen molar-refractivity contribution >= 4 is 28.2 Å². The number of rotatable bonds is 8. The molecule has 1 heterocycles. The lowest BCUT2D eigenvalue weighted by Gasteiger charge is -2.13. The van der Waals surface area contributed by atoms with Crippen LogP contribution in [0.3, 0.4) is 0 Å². The van der Waals surface area contributed by atoms with Crippen molar-refractivity contribution in [3.05, 3.63) is 74.8 Å². The van der Waals surface area contributed by atoms with Gasteiger partial charge in [-0.15, -0.1) is 0 Å². The van der Waals surface area contributed by atoms with Gasteiger partial charge >= 0.3 is 5.97 Å². The van der Waals surface area contributed by atoms with E-state index < -0.39 is 17.0 Å². The van der Waals surface area contributed by atoms with Gasteiger partial charge in [-0.3, -0.25) is 19.7 Å². The number of hydrogen-bond donors (Lipinski definition) is 2. The standard InChI is InChI=1S/C20H20N4O5/c1-13(19-22-15-8-3-2-7-14(15)20(26)23-19)29-18(25)11-6-12-21-16-9-4-5-10-17(16)24(27)28/h2-5,7-10,13,21H,6,11-12H2,1H3,(H,22,23,26)/t13-/m1/s1. The number of carbonyl (C=O) groups excluding carboxylic acids is 1. The maximum Gasteiger partial charge on any atom is 0.306 e. The molecule has 0 saturated carbocycles. The second-order valence-corrected chi connectivity index (χ2v) is 6.40. The fourth-order valence-electron chi connectivity index (χ4n) is 2.85. The molecule has 1 aromatic heterocycles. The lowest BCUT2D eigenvalue weighted by molar-refractivity contribution is -0.384. The second-order valence-electron chi connectivity index (χ2n) is 6.40. The topological polar surface area (TPSA) is 127 Å². The summed E-state index contributed by atoms with van der Waals surface area (Å²) < 4.78 is 5.35. The van der Waals surface area contributed by atoms with E-state index in [1.54, 1.807) is 49.4 Å². The summed E-state index contributed by atoms with van der Waals surface area (Å²) in [5, 5.41) is 14.4. The minimum atomic E-state index is -0.706. The molecule has 0 unspecified atom stereocenters. The smallest absolute Gasteiger partial charge is 0.306 e. The Bertz CT molecular complexity index is 1100. The number of esters is 1. The Labute approximate surface area is 165 Å². The van der Waals surface area contributed by atoms with Crippen LogP contribution < -0.4 is 10.9 Å². The van der Waals surface area contributed by atoms with Crippen LogP contribution in [-0.2, 0) is 9.53 Å². The molecule has 1 atom stereocenters. The van der Waals surface area contributed by atoms with Crippen molar-refractivity contribution in [2.75, 3.05) is 11.9 Å². The number of H-pyrrole nitrogens is 1. The number of aromatic amines is 1. The zero-order valence-electron chi connectivity index (χ0n) is 15.8. The number of nitrogens with zero attached hydrogens (tertiary/aromatic N) is 2. The summed E-state index contributed by atoms with van der Waals surface area (Å²) in [6.45, 7) is 2.01. The van der Waals surface area contributed by atoms with Crippen molar-refractivity contribution in [2.24, 2.45) is 0 Å². The Morgan fingerprint density at radius 1 is 1.24 bits per heavy atom. The molecule has 3 rings (SSSR count). The van der Waals surface area contributed by atoms with Crippen LogP contribution in [0.5, 0.6) is 0 Å². The van der Waals surface area contributed by atoms with E-state index in [0.717, 1.165) is 0 Å². The van der Waals surface area contributed by atoms with Gasteiger partial charge < -0.3 is 15.0 Å². The SMILES string of the molecule is C[C@@H](OC(=O)CCCNc1ccccc1[N+](=O)[O-])c1nc2ccccc2c(=O)[nH]1. The van der Waals surface area contributed by atoms with E-state index in [2.05, 4.69) is 15.3 Å². The highest BCUT2D eigenvalue weighted by Gasteiger charge is 2.16. The lowest BCUT2D eigenvalue weighted by atomic mass is 10.2. The van der Waals surface area contributed by atoms with Crippen molar-refractivity contribution in [3.8, 4) is 0 Å². The summed E-state index contributed by atoms with van der Waals surface area (Å²) in [6, 6.07) is 13.2. The molecular formula is C20H20N4O5. The van der Waals surface area contributed by atoms with Crippen LogP contribution in [0.25, 0.3) is 10.9 Å². The van der Waals surface area contributed by atoms with Crippen LogP contribution in [0.1, 0.15) is 31.7 Å². The lowest BCUT2D eigenvalue weighted by Crippen LogP contribution is -2.17. The average molecular weight is 396 g/mol. The third kappa shape index (κ3) is 4.95. The van der Waals surface area contributed by atoms with Crippen molar-refractivity contribution in [2.45, 2.75) is 25.9 Å². The molecule has 2 N–H and O–H groups in total. The van der Waals surface area contributed by atoms with Crippen LogP contribution >= 0.6 is 0 Å². The van der Waals surface area contributed by atoms with Gasteiger partial charge in [-0.1, -0.05) is 24.3 Å². The Morgan fingerprint density at radius 2 is 1.97 bits per heavy atom. The number of nitrogens with one attached hydrogen (secondary N) is 2. The quantitative estimate of drug-likeness (QED) is 0.259. The summed E-state index contributed by atoms with van der Waals surface area (Å²) in [6.07, 6.45) is -0.155. The molecule has 0 aliphatic rings. The number of hydrogen-bond acceptors (Lipinski definition) is 7. The normalized spacial score (nSPS) is 11.8. The van der Waals surface area contributed by atoms with E-state index in [0.29, 0.717) is 29.6 Å². The molecule has 0 fully saturated rings. The second kappa shape index (κ2) is 8.96. The first-order valence-corrected chi connectivity index (χ1v) is 9.11. The molecule has 29 heavy (non-hydrogen) atoms. The molecular weight excluding hydrogens is 376 g/mol. The van der Waals surface area contributed by atoms with Gasteiger partial charge in [0.25, 0.3) is 11.2 Å². The summed E-state index contributed by atoms with van der Waals surface area (Å²) in [5.41, 5.74) is 0.622. The van der Waals surface area contributed by atoms with Crippen molar-refractivity contribution in [1.82, 2.24) is 9.97 Å². The molecule has 0 aliphatic carbocycles. The van der Waals surface area contributed by atoms with E-state index in [1.165, 1.54) is 6.07 Å². The van der Waals surface area contributed by atoms with E-state index in [1.807, 2.05) is 0 Å². The number of para-hydroxylation sites is 3. The number of anilines is 1. The number of ether oxygens (including phenoxy) is 1. The number of benzene rings is 2. The maximum atomic E-state index is 12.1. The number of carbonyl (C=O) groups is 1. The Balaban J connectivity index is 1.52. The minimum Gasteiger partial charge on any atom is -0.454 e. The first-order chi connectivity index (χ1) is 14.0. The molecule has 2 aromatic carbocycles. The maximum absolute atomic E-state index is 12.1. The minimum absolute atomic E-state index is 0.0185. The highest BCUT2D eigenvalue weighted by molar-refractivity contribution is 5.77. The number of aromatic nitrogens is 2. The first-order valence-electron chi connectivity index (χ1n) is 9.11. The number of nitro groups is 1. The van der Waals surface area contributed by atoms with Gasteiger partial charge in [0.05, 0.1) is 15.8 Å². The predicted molar refractivity (Wildman–Crippen MR) is 108 cm³/mol. The molecule has 3 aromatic rings. The van der Waals surface area contributed by atoms with Crippen molar-refractivity contribution < 1.29 is 14.5 Å². The summed E-state index contributed by atoms with van der Waals surface area (Å²) in [4.78, 5) is 41.7. The van der Waals surface area contributed by atoms with Gasteiger partial charge in [0.1, 0.15) is 5.69 Å². The molecule has 0 aliphatic heterocycles. The van der Waals surface area contributed by atoms with E-state index in [4.69, 9.17) is 4.74 Å². The molecule has 0 radical (unpaired) electrons. The highest BCUT2D eigenvalue weighted by atomic mass is 16.6. The third-order valence-corrected chi connectivity index (χ3v) is 4.30. The molecule has 0 saturated heterocycles. The fourth-order valence-corrected chi connectivity index (χ4v) is 2.85. The van der Waals surface area contributed by atoms with Crippen molar-refractivity contribution in [3.63, 3.8) is 0 Å². The summed E-state index contributed by atoms with van der Waals surface area (Å²) in [5.74, 6) is -0.169. The fraction of sp³-hybridized carbons (Fsp3) is 0.250. The molecule has 150 valence electrons. The van der Waals surface area contributed by atoms with Gasteiger partial charge in [-0.2, -0.15) is 0 Å². The predicted octanol–water partition coefficient (Wildman–Crippen LogP) is 3.33. The Morgan fingerprint density at radius 3 is 2.76 bits per heavy atom. The molecule has 9 heteroatoms. The summed E-state index contributed by atoms with van der Waals surface area (Å²) >= 11 is 0. The molecule has 0 amide bonds. The van der Waals surface area contributed by atoms with Crippen LogP contribution in [0.4, 0.5) is 11.4 Å². The molecule has 9 nitrogen and oxygen atoms in total. The van der Waals surface area contributed by atoms with Crippen molar-refractivity contribution in [1.29, 1.82) is 0 Å². The molecule has 0 spiro atoms. The van der Waals surface area contributed by atoms with Crippen LogP contribution in [0.15, 0.2) is 53.3 Å². The van der Waals surface area contributed by atoms with Gasteiger partial charge in [0.15, 0.2) is 11.9 Å². The zero-order valence-corrected chi connectivity index (χ0v) is 15.8. The average Bonchev–Trinajstić information content (AvgIpc) is 2.71. The third-order valence-electron chi connectivity index (χ3n) is 4.30. The van der Waals surface area contributed by atoms with Crippen LogP contribution in [-0.4, -0.2) is 27.4 Å². The van der Waals surface area contributed by atoms with Gasteiger partial charge in [-0.05, 0) is 31.5 Å². The largest absolute Gasteiger partial charge is 0.454 e. The zero-order chi connectivity index (χ0) is 20.8. The number of nitro benzene ring substituents is 1. The number of fused-ring (bicyclic) bond motifs is 1. The Kier molecular flexibility index (Phi) is 6.18. The van der Waals surface area contributed by atoms with Crippen LogP contribution in [0, 0.1) is 10.1 Å². The summed E-state index contributed by atoms with van der Waals surface area (Å²) in [7, 11) is 0. The Hall–Kier alpha value is -3.75. The van der Waals surface area contributed by atoms with Gasteiger partial charge in [-0.25, -0.2) is 4.98 Å².